The zero-order valence-electron chi connectivity index (χ0n) is 11.2. The molecule has 2 rings (SSSR count). The van der Waals surface area contributed by atoms with Crippen LogP contribution < -0.4 is 4.90 Å². The molecule has 2 heterocycles. The van der Waals surface area contributed by atoms with Gasteiger partial charge in [0.15, 0.2) is 9.84 Å². The highest BCUT2D eigenvalue weighted by Gasteiger charge is 2.32. The molecule has 0 bridgehead atoms. The van der Waals surface area contributed by atoms with E-state index in [-0.39, 0.29) is 10.5 Å². The Balaban J connectivity index is 2.02. The molecule has 0 aromatic carbocycles. The summed E-state index contributed by atoms with van der Waals surface area (Å²) in [5, 5.41) is 9.38. The second kappa shape index (κ2) is 5.51. The molecule has 1 aliphatic rings. The Labute approximate surface area is 118 Å². The molecular weight excluding hydrogens is 280 g/mol. The summed E-state index contributed by atoms with van der Waals surface area (Å²) in [5.74, 6) is 0. The topological polar surface area (TPSA) is 61.2 Å². The van der Waals surface area contributed by atoms with Crippen molar-refractivity contribution in [3.05, 3.63) is 17.0 Å². The van der Waals surface area contributed by atoms with Gasteiger partial charge in [-0.3, -0.25) is 0 Å². The van der Waals surface area contributed by atoms with Gasteiger partial charge in [-0.15, -0.1) is 11.3 Å². The molecule has 1 aromatic rings. The van der Waals surface area contributed by atoms with Crippen molar-refractivity contribution in [3.63, 3.8) is 0 Å². The number of hydrogen-bond acceptors (Lipinski definition) is 5. The lowest BCUT2D eigenvalue weighted by molar-refractivity contribution is 0.525. The smallest absolute Gasteiger partial charge is 0.155 e. The van der Waals surface area contributed by atoms with Gasteiger partial charge in [-0.1, -0.05) is 0 Å². The molecule has 1 aliphatic heterocycles. The van der Waals surface area contributed by atoms with E-state index in [0.717, 1.165) is 18.1 Å². The maximum absolute atomic E-state index is 12.1. The Hall–Kier alpha value is -1.06. The van der Waals surface area contributed by atoms with Gasteiger partial charge in [0.2, 0.25) is 0 Å². The van der Waals surface area contributed by atoms with Crippen LogP contribution in [-0.2, 0) is 9.84 Å². The third kappa shape index (κ3) is 2.93. The highest BCUT2D eigenvalue weighted by atomic mass is 32.2. The van der Waals surface area contributed by atoms with E-state index in [1.807, 2.05) is 12.1 Å². The summed E-state index contributed by atoms with van der Waals surface area (Å²) in [5.41, 5.74) is 0. The summed E-state index contributed by atoms with van der Waals surface area (Å²) in [7, 11) is -2.98. The van der Waals surface area contributed by atoms with E-state index in [1.165, 1.54) is 11.3 Å². The molecular formula is C13H18N2O2S2. The minimum Gasteiger partial charge on any atom is -0.363 e. The van der Waals surface area contributed by atoms with Crippen LogP contribution in [0.15, 0.2) is 12.1 Å². The van der Waals surface area contributed by atoms with Crippen LogP contribution in [0.5, 0.6) is 0 Å². The number of hydrogen-bond donors (Lipinski definition) is 0. The van der Waals surface area contributed by atoms with Crippen LogP contribution >= 0.6 is 11.3 Å². The Morgan fingerprint density at radius 3 is 2.47 bits per heavy atom. The van der Waals surface area contributed by atoms with Crippen molar-refractivity contribution >= 4 is 26.2 Å². The van der Waals surface area contributed by atoms with Crippen molar-refractivity contribution in [2.75, 3.05) is 18.0 Å². The Kier molecular flexibility index (Phi) is 4.16. The second-order valence-electron chi connectivity index (χ2n) is 5.07. The normalized spacial score (nSPS) is 17.7. The van der Waals surface area contributed by atoms with Gasteiger partial charge in [0.1, 0.15) is 10.9 Å². The van der Waals surface area contributed by atoms with Gasteiger partial charge in [0, 0.05) is 13.1 Å². The molecule has 4 nitrogen and oxygen atoms in total. The fraction of sp³-hybridized carbons (Fsp3) is 0.615. The number of nitrogens with zero attached hydrogens (tertiary/aromatic N) is 2. The fourth-order valence-corrected chi connectivity index (χ4v) is 4.84. The monoisotopic (exact) mass is 298 g/mol. The number of nitriles is 1. The van der Waals surface area contributed by atoms with Crippen LogP contribution in [0.3, 0.4) is 0 Å². The van der Waals surface area contributed by atoms with Crippen molar-refractivity contribution in [1.82, 2.24) is 0 Å². The van der Waals surface area contributed by atoms with Crippen molar-refractivity contribution in [2.24, 2.45) is 0 Å². The SMILES string of the molecule is CC(C)S(=O)(=O)C1CCN(c2ccc(C#N)s2)CC1. The molecule has 6 heteroatoms. The van der Waals surface area contributed by atoms with Crippen LogP contribution in [-0.4, -0.2) is 32.0 Å². The van der Waals surface area contributed by atoms with Gasteiger partial charge in [0.05, 0.1) is 15.5 Å². The molecule has 0 aliphatic carbocycles. The Bertz CT molecular complexity index is 576. The second-order valence-corrected chi connectivity index (χ2v) is 8.92. The molecule has 104 valence electrons. The van der Waals surface area contributed by atoms with Crippen LogP contribution in [0.4, 0.5) is 5.00 Å². The van der Waals surface area contributed by atoms with Gasteiger partial charge >= 0.3 is 0 Å². The van der Waals surface area contributed by atoms with E-state index in [9.17, 15) is 8.42 Å². The lowest BCUT2D eigenvalue weighted by atomic mass is 10.1. The van der Waals surface area contributed by atoms with Gasteiger partial charge in [-0.25, -0.2) is 8.42 Å². The molecule has 0 amide bonds. The number of thiophene rings is 1. The van der Waals surface area contributed by atoms with E-state index in [2.05, 4.69) is 11.0 Å². The average molecular weight is 298 g/mol. The van der Waals surface area contributed by atoms with Crippen LogP contribution in [0.2, 0.25) is 0 Å². The maximum atomic E-state index is 12.1. The molecule has 0 radical (unpaired) electrons. The molecule has 0 saturated carbocycles. The van der Waals surface area contributed by atoms with Gasteiger partial charge in [-0.2, -0.15) is 5.26 Å². The summed E-state index contributed by atoms with van der Waals surface area (Å²) < 4.78 is 24.2. The van der Waals surface area contributed by atoms with Crippen molar-refractivity contribution in [1.29, 1.82) is 5.26 Å². The maximum Gasteiger partial charge on any atom is 0.155 e. The van der Waals surface area contributed by atoms with Crippen LogP contribution in [0.1, 0.15) is 31.6 Å². The summed E-state index contributed by atoms with van der Waals surface area (Å²) >= 11 is 1.47. The largest absolute Gasteiger partial charge is 0.363 e. The summed E-state index contributed by atoms with van der Waals surface area (Å²) in [6.45, 7) is 5.00. The molecule has 0 unspecified atom stereocenters. The van der Waals surface area contributed by atoms with Crippen LogP contribution in [0.25, 0.3) is 0 Å². The first-order valence-corrected chi connectivity index (χ1v) is 8.85. The third-order valence-corrected chi connectivity index (χ3v) is 7.34. The minimum atomic E-state index is -2.98. The fourth-order valence-electron chi connectivity index (χ4n) is 2.35. The van der Waals surface area contributed by atoms with E-state index >= 15 is 0 Å². The molecule has 0 N–H and O–H groups in total. The lowest BCUT2D eigenvalue weighted by Gasteiger charge is -2.33. The predicted molar refractivity (Wildman–Crippen MR) is 78.3 cm³/mol. The van der Waals surface area contributed by atoms with Crippen molar-refractivity contribution in [3.8, 4) is 6.07 Å². The lowest BCUT2D eigenvalue weighted by Crippen LogP contribution is -2.41. The number of sulfone groups is 1. The molecule has 1 aromatic heterocycles. The van der Waals surface area contributed by atoms with E-state index in [1.54, 1.807) is 13.8 Å². The Morgan fingerprint density at radius 2 is 2.00 bits per heavy atom. The Morgan fingerprint density at radius 1 is 1.37 bits per heavy atom. The van der Waals surface area contributed by atoms with Gasteiger partial charge < -0.3 is 4.90 Å². The summed E-state index contributed by atoms with van der Waals surface area (Å²) in [4.78, 5) is 2.88. The van der Waals surface area contributed by atoms with Gasteiger partial charge in [0.25, 0.3) is 0 Å². The summed E-state index contributed by atoms with van der Waals surface area (Å²) in [6.07, 6.45) is 1.36. The van der Waals surface area contributed by atoms with E-state index < -0.39 is 9.84 Å². The number of anilines is 1. The molecule has 1 saturated heterocycles. The van der Waals surface area contributed by atoms with E-state index in [0.29, 0.717) is 17.7 Å². The first kappa shape index (κ1) is 14.4. The predicted octanol–water partition coefficient (Wildman–Crippen LogP) is 2.41. The van der Waals surface area contributed by atoms with Crippen molar-refractivity contribution in [2.45, 2.75) is 37.2 Å². The quantitative estimate of drug-likeness (QED) is 0.859. The zero-order chi connectivity index (χ0) is 14.0. The number of rotatable bonds is 3. The van der Waals surface area contributed by atoms with E-state index in [4.69, 9.17) is 5.26 Å². The highest BCUT2D eigenvalue weighted by Crippen LogP contribution is 2.30. The van der Waals surface area contributed by atoms with Crippen molar-refractivity contribution < 1.29 is 8.42 Å². The molecule has 0 spiro atoms. The minimum absolute atomic E-state index is 0.209. The first-order valence-electron chi connectivity index (χ1n) is 6.42. The first-order chi connectivity index (χ1) is 8.95. The highest BCUT2D eigenvalue weighted by molar-refractivity contribution is 7.92. The molecule has 1 fully saturated rings. The average Bonchev–Trinajstić information content (AvgIpc) is 2.87. The summed E-state index contributed by atoms with van der Waals surface area (Å²) in [6, 6.07) is 5.89. The van der Waals surface area contributed by atoms with Crippen LogP contribution in [0, 0.1) is 11.3 Å². The molecule has 0 atom stereocenters. The molecule has 19 heavy (non-hydrogen) atoms. The van der Waals surface area contributed by atoms with Gasteiger partial charge in [-0.05, 0) is 38.8 Å². The zero-order valence-corrected chi connectivity index (χ0v) is 12.8. The third-order valence-electron chi connectivity index (χ3n) is 3.58. The standard InChI is InChI=1S/C13H18N2O2S2/c1-10(2)19(16,17)12-5-7-15(8-6-12)13-4-3-11(9-14)18-13/h3-4,10,12H,5-8H2,1-2H3. The number of piperidine rings is 1.